The van der Waals surface area contributed by atoms with E-state index in [0.717, 1.165) is 29.0 Å². The highest BCUT2D eigenvalue weighted by molar-refractivity contribution is 6.33. The van der Waals surface area contributed by atoms with Gasteiger partial charge in [-0.3, -0.25) is 0 Å². The van der Waals surface area contributed by atoms with Crippen molar-refractivity contribution < 1.29 is 0 Å². The SMILES string of the molecule is CCc1ccc(CC)c(-c2ccc(CN)cc2Cl)c1. The smallest absolute Gasteiger partial charge is 0.0487 e. The summed E-state index contributed by atoms with van der Waals surface area (Å²) in [5.74, 6) is 0. The summed E-state index contributed by atoms with van der Waals surface area (Å²) in [7, 11) is 0. The highest BCUT2D eigenvalue weighted by Crippen LogP contribution is 2.32. The van der Waals surface area contributed by atoms with Gasteiger partial charge in [-0.15, -0.1) is 0 Å². The lowest BCUT2D eigenvalue weighted by molar-refractivity contribution is 1.07. The Balaban J connectivity index is 2.56. The molecular formula is C17H20ClN. The molecule has 0 amide bonds. The van der Waals surface area contributed by atoms with Crippen molar-refractivity contribution in [1.82, 2.24) is 0 Å². The molecule has 0 aliphatic rings. The summed E-state index contributed by atoms with van der Waals surface area (Å²) in [4.78, 5) is 0. The summed E-state index contributed by atoms with van der Waals surface area (Å²) in [5, 5.41) is 0.783. The molecule has 2 aromatic carbocycles. The van der Waals surface area contributed by atoms with Gasteiger partial charge in [0.05, 0.1) is 0 Å². The van der Waals surface area contributed by atoms with E-state index >= 15 is 0 Å². The molecule has 0 atom stereocenters. The van der Waals surface area contributed by atoms with Gasteiger partial charge in [0.2, 0.25) is 0 Å². The zero-order chi connectivity index (χ0) is 13.8. The number of halogens is 1. The zero-order valence-electron chi connectivity index (χ0n) is 11.5. The first kappa shape index (κ1) is 14.1. The molecule has 0 spiro atoms. The van der Waals surface area contributed by atoms with Crippen LogP contribution in [-0.4, -0.2) is 0 Å². The predicted molar refractivity (Wildman–Crippen MR) is 83.5 cm³/mol. The highest BCUT2D eigenvalue weighted by Gasteiger charge is 2.09. The van der Waals surface area contributed by atoms with Gasteiger partial charge in [-0.1, -0.05) is 55.8 Å². The quantitative estimate of drug-likeness (QED) is 0.866. The molecule has 2 heteroatoms. The van der Waals surface area contributed by atoms with E-state index in [1.54, 1.807) is 0 Å². The van der Waals surface area contributed by atoms with E-state index in [-0.39, 0.29) is 0 Å². The Hall–Kier alpha value is -1.31. The van der Waals surface area contributed by atoms with Gasteiger partial charge in [-0.25, -0.2) is 0 Å². The van der Waals surface area contributed by atoms with Crippen LogP contribution in [0.2, 0.25) is 5.02 Å². The monoisotopic (exact) mass is 273 g/mol. The third-order valence-corrected chi connectivity index (χ3v) is 3.84. The summed E-state index contributed by atoms with van der Waals surface area (Å²) in [6.07, 6.45) is 2.05. The molecule has 0 heterocycles. The highest BCUT2D eigenvalue weighted by atomic mass is 35.5. The minimum absolute atomic E-state index is 0.523. The summed E-state index contributed by atoms with van der Waals surface area (Å²) in [6, 6.07) is 12.8. The molecule has 0 bridgehead atoms. The molecule has 2 rings (SSSR count). The van der Waals surface area contributed by atoms with Crippen molar-refractivity contribution in [3.8, 4) is 11.1 Å². The van der Waals surface area contributed by atoms with Gasteiger partial charge >= 0.3 is 0 Å². The van der Waals surface area contributed by atoms with Crippen LogP contribution in [0.5, 0.6) is 0 Å². The largest absolute Gasteiger partial charge is 0.326 e. The Morgan fingerprint density at radius 3 is 2.21 bits per heavy atom. The van der Waals surface area contributed by atoms with Crippen molar-refractivity contribution >= 4 is 11.6 Å². The van der Waals surface area contributed by atoms with Crippen LogP contribution < -0.4 is 5.73 Å². The summed E-state index contributed by atoms with van der Waals surface area (Å²) < 4.78 is 0. The van der Waals surface area contributed by atoms with Gasteiger partial charge in [0, 0.05) is 17.1 Å². The topological polar surface area (TPSA) is 26.0 Å². The number of rotatable bonds is 4. The van der Waals surface area contributed by atoms with E-state index in [9.17, 15) is 0 Å². The molecule has 0 fully saturated rings. The van der Waals surface area contributed by atoms with E-state index in [4.69, 9.17) is 17.3 Å². The average molecular weight is 274 g/mol. The number of benzene rings is 2. The van der Waals surface area contributed by atoms with Crippen LogP contribution in [-0.2, 0) is 19.4 Å². The molecule has 2 aromatic rings. The molecule has 0 unspecified atom stereocenters. The summed E-state index contributed by atoms with van der Waals surface area (Å²) in [5.41, 5.74) is 11.7. The second-order valence-corrected chi connectivity index (χ2v) is 5.12. The van der Waals surface area contributed by atoms with Crippen molar-refractivity contribution in [2.24, 2.45) is 5.73 Å². The average Bonchev–Trinajstić information content (AvgIpc) is 2.46. The summed E-state index contributed by atoms with van der Waals surface area (Å²) >= 11 is 6.41. The van der Waals surface area contributed by atoms with Crippen LogP contribution >= 0.6 is 11.6 Å². The molecule has 0 saturated heterocycles. The third-order valence-electron chi connectivity index (χ3n) is 3.52. The Bertz CT molecular complexity index is 575. The standard InChI is InChI=1S/C17H20ClN/c1-3-12-5-7-14(4-2)16(9-12)15-8-6-13(11-19)10-17(15)18/h5-10H,3-4,11,19H2,1-2H3. The minimum atomic E-state index is 0.523. The lowest BCUT2D eigenvalue weighted by atomic mass is 9.94. The molecule has 0 radical (unpaired) electrons. The van der Waals surface area contributed by atoms with Gasteiger partial charge in [0.1, 0.15) is 0 Å². The zero-order valence-corrected chi connectivity index (χ0v) is 12.3. The number of nitrogens with two attached hydrogens (primary N) is 1. The maximum atomic E-state index is 6.41. The Morgan fingerprint density at radius 1 is 0.895 bits per heavy atom. The van der Waals surface area contributed by atoms with Crippen molar-refractivity contribution in [2.75, 3.05) is 0 Å². The first-order chi connectivity index (χ1) is 9.19. The molecule has 2 N–H and O–H groups in total. The van der Waals surface area contributed by atoms with Gasteiger partial charge in [-0.2, -0.15) is 0 Å². The molecule has 100 valence electrons. The fraction of sp³-hybridized carbons (Fsp3) is 0.294. The van der Waals surface area contributed by atoms with Crippen molar-refractivity contribution in [3.63, 3.8) is 0 Å². The molecular weight excluding hydrogens is 254 g/mol. The van der Waals surface area contributed by atoms with Crippen LogP contribution in [0.3, 0.4) is 0 Å². The number of hydrogen-bond acceptors (Lipinski definition) is 1. The Morgan fingerprint density at radius 2 is 1.63 bits per heavy atom. The molecule has 1 nitrogen and oxygen atoms in total. The van der Waals surface area contributed by atoms with Gasteiger partial charge in [0.25, 0.3) is 0 Å². The van der Waals surface area contributed by atoms with E-state index in [2.05, 4.69) is 44.2 Å². The van der Waals surface area contributed by atoms with Crippen molar-refractivity contribution in [2.45, 2.75) is 33.2 Å². The van der Waals surface area contributed by atoms with Crippen molar-refractivity contribution in [3.05, 3.63) is 58.1 Å². The minimum Gasteiger partial charge on any atom is -0.326 e. The molecule has 0 aliphatic carbocycles. The fourth-order valence-corrected chi connectivity index (χ4v) is 2.61. The normalized spacial score (nSPS) is 10.7. The predicted octanol–water partition coefficient (Wildman–Crippen LogP) is 4.59. The number of hydrogen-bond donors (Lipinski definition) is 1. The summed E-state index contributed by atoms with van der Waals surface area (Å²) in [6.45, 7) is 4.87. The van der Waals surface area contributed by atoms with Gasteiger partial charge in [-0.05, 0) is 41.2 Å². The first-order valence-corrected chi connectivity index (χ1v) is 7.18. The van der Waals surface area contributed by atoms with Crippen LogP contribution in [0.25, 0.3) is 11.1 Å². The maximum Gasteiger partial charge on any atom is 0.0487 e. The molecule has 0 aromatic heterocycles. The van der Waals surface area contributed by atoms with Crippen LogP contribution in [0, 0.1) is 0 Å². The van der Waals surface area contributed by atoms with E-state index in [1.165, 1.54) is 16.7 Å². The van der Waals surface area contributed by atoms with E-state index in [1.807, 2.05) is 6.07 Å². The van der Waals surface area contributed by atoms with Crippen LogP contribution in [0.4, 0.5) is 0 Å². The Labute approximate surface area is 120 Å². The second kappa shape index (κ2) is 6.23. The van der Waals surface area contributed by atoms with E-state index < -0.39 is 0 Å². The molecule has 0 saturated carbocycles. The van der Waals surface area contributed by atoms with Crippen LogP contribution in [0.15, 0.2) is 36.4 Å². The first-order valence-electron chi connectivity index (χ1n) is 6.80. The maximum absolute atomic E-state index is 6.41. The third kappa shape index (κ3) is 2.99. The van der Waals surface area contributed by atoms with E-state index in [0.29, 0.717) is 6.54 Å². The van der Waals surface area contributed by atoms with Crippen LogP contribution in [0.1, 0.15) is 30.5 Å². The molecule has 0 aliphatic heterocycles. The number of aryl methyl sites for hydroxylation is 2. The van der Waals surface area contributed by atoms with Gasteiger partial charge in [0.15, 0.2) is 0 Å². The lowest BCUT2D eigenvalue weighted by Gasteiger charge is -2.12. The lowest BCUT2D eigenvalue weighted by Crippen LogP contribution is -1.97. The van der Waals surface area contributed by atoms with Crippen molar-refractivity contribution in [1.29, 1.82) is 0 Å². The fourth-order valence-electron chi connectivity index (χ4n) is 2.31. The Kier molecular flexibility index (Phi) is 4.62. The molecule has 19 heavy (non-hydrogen) atoms. The van der Waals surface area contributed by atoms with Gasteiger partial charge < -0.3 is 5.73 Å². The second-order valence-electron chi connectivity index (χ2n) is 4.72.